The minimum Gasteiger partial charge on any atom is -0.506 e. The highest BCUT2D eigenvalue weighted by Gasteiger charge is 2.35. The molecule has 1 aliphatic carbocycles. The summed E-state index contributed by atoms with van der Waals surface area (Å²) in [6, 6.07) is 7.74. The van der Waals surface area contributed by atoms with Crippen LogP contribution in [-0.4, -0.2) is 41.0 Å². The first-order valence-electron chi connectivity index (χ1n) is 9.11. The zero-order valence-corrected chi connectivity index (χ0v) is 16.2. The third kappa shape index (κ3) is 3.54. The van der Waals surface area contributed by atoms with Crippen LogP contribution < -0.4 is 0 Å². The molecule has 2 aromatic carbocycles. The Kier molecular flexibility index (Phi) is 5.57. The van der Waals surface area contributed by atoms with Crippen molar-refractivity contribution in [1.82, 2.24) is 0 Å². The van der Waals surface area contributed by atoms with Crippen molar-refractivity contribution in [3.8, 4) is 5.75 Å². The van der Waals surface area contributed by atoms with Crippen LogP contribution in [0.15, 0.2) is 43.0 Å². The monoisotopic (exact) mass is 392 g/mol. The second-order valence-electron chi connectivity index (χ2n) is 6.87. The molecule has 0 saturated heterocycles. The first kappa shape index (κ1) is 20.4. The zero-order valence-electron chi connectivity index (χ0n) is 16.2. The molecule has 6 nitrogen and oxygen atoms in total. The van der Waals surface area contributed by atoms with Gasteiger partial charge in [0.25, 0.3) is 0 Å². The van der Waals surface area contributed by atoms with E-state index in [-0.39, 0.29) is 34.4 Å². The maximum atomic E-state index is 12.9. The summed E-state index contributed by atoms with van der Waals surface area (Å²) in [4.78, 5) is 50.7. The fraction of sp³-hybridized carbons (Fsp3) is 0.217. The highest BCUT2D eigenvalue weighted by molar-refractivity contribution is 6.30. The van der Waals surface area contributed by atoms with Gasteiger partial charge in [-0.25, -0.2) is 0 Å². The van der Waals surface area contributed by atoms with Crippen LogP contribution in [0, 0.1) is 6.92 Å². The molecular formula is C23H20O6. The Morgan fingerprint density at radius 1 is 1.14 bits per heavy atom. The number of benzene rings is 2. The summed E-state index contributed by atoms with van der Waals surface area (Å²) in [7, 11) is 0. The van der Waals surface area contributed by atoms with E-state index in [2.05, 4.69) is 6.58 Å². The second kappa shape index (κ2) is 7.93. The average molecular weight is 392 g/mol. The molecule has 6 heteroatoms. The molecule has 148 valence electrons. The van der Waals surface area contributed by atoms with E-state index in [4.69, 9.17) is 4.74 Å². The molecule has 1 aliphatic rings. The smallest absolute Gasteiger partial charge is 0.198 e. The highest BCUT2D eigenvalue weighted by atomic mass is 16.5. The number of ether oxygens (including phenoxy) is 1. The number of carbonyl (C=O) groups is 4. The van der Waals surface area contributed by atoms with Crippen LogP contribution >= 0.6 is 0 Å². The summed E-state index contributed by atoms with van der Waals surface area (Å²) in [6.45, 7) is 6.74. The molecule has 0 fully saturated rings. The van der Waals surface area contributed by atoms with Gasteiger partial charge in [0.05, 0.1) is 24.2 Å². The number of phenols is 1. The summed E-state index contributed by atoms with van der Waals surface area (Å²) in [6.07, 6.45) is 0.183. The van der Waals surface area contributed by atoms with Crippen molar-refractivity contribution < 1.29 is 29.0 Å². The Bertz CT molecular complexity index is 1060. The van der Waals surface area contributed by atoms with Crippen LogP contribution in [0.1, 0.15) is 61.1 Å². The Morgan fingerprint density at radius 2 is 1.76 bits per heavy atom. The van der Waals surface area contributed by atoms with Gasteiger partial charge in [-0.3, -0.25) is 19.2 Å². The maximum Gasteiger partial charge on any atom is 0.198 e. The van der Waals surface area contributed by atoms with E-state index >= 15 is 0 Å². The van der Waals surface area contributed by atoms with Crippen molar-refractivity contribution >= 4 is 23.1 Å². The number of hydrogen-bond donors (Lipinski definition) is 1. The van der Waals surface area contributed by atoms with Gasteiger partial charge in [0, 0.05) is 16.7 Å². The number of ketones is 4. The topological polar surface area (TPSA) is 97.7 Å². The maximum absolute atomic E-state index is 12.9. The van der Waals surface area contributed by atoms with Crippen LogP contribution in [-0.2, 0) is 9.53 Å². The van der Waals surface area contributed by atoms with E-state index in [9.17, 15) is 24.3 Å². The highest BCUT2D eigenvalue weighted by Crippen LogP contribution is 2.37. The minimum absolute atomic E-state index is 0.0502. The van der Waals surface area contributed by atoms with E-state index in [0.717, 1.165) is 0 Å². The lowest BCUT2D eigenvalue weighted by Crippen LogP contribution is -2.25. The van der Waals surface area contributed by atoms with Crippen LogP contribution in [0.25, 0.3) is 0 Å². The van der Waals surface area contributed by atoms with E-state index in [0.29, 0.717) is 5.56 Å². The van der Waals surface area contributed by atoms with E-state index in [1.807, 2.05) is 0 Å². The molecule has 0 aliphatic heterocycles. The van der Waals surface area contributed by atoms with Gasteiger partial charge in [0.2, 0.25) is 0 Å². The molecule has 0 unspecified atom stereocenters. The first-order valence-corrected chi connectivity index (χ1v) is 9.11. The number of aryl methyl sites for hydroxylation is 1. The third-order valence-corrected chi connectivity index (χ3v) is 4.92. The molecule has 1 N–H and O–H groups in total. The van der Waals surface area contributed by atoms with Crippen molar-refractivity contribution in [2.45, 2.75) is 26.4 Å². The third-order valence-electron chi connectivity index (χ3n) is 4.92. The molecule has 3 rings (SSSR count). The van der Waals surface area contributed by atoms with E-state index in [1.165, 1.54) is 25.1 Å². The molecule has 0 aromatic heterocycles. The lowest BCUT2D eigenvalue weighted by atomic mass is 9.80. The van der Waals surface area contributed by atoms with Gasteiger partial charge in [-0.05, 0) is 25.5 Å². The van der Waals surface area contributed by atoms with Crippen molar-refractivity contribution in [3.05, 3.63) is 76.4 Å². The summed E-state index contributed by atoms with van der Waals surface area (Å²) in [5, 5.41) is 10.7. The Morgan fingerprint density at radius 3 is 2.38 bits per heavy atom. The molecule has 0 bridgehead atoms. The van der Waals surface area contributed by atoms with Gasteiger partial charge in [-0.15, -0.1) is 6.58 Å². The number of aromatic hydroxyl groups is 1. The fourth-order valence-electron chi connectivity index (χ4n) is 3.42. The standard InChI is InChI=1S/C23H20O6/c1-4-9-29-13(3)17(24)11-18(25)19-12(2)10-16-20(23(19)28)22(27)15-8-6-5-7-14(15)21(16)26/h4-8,10,13,28H,1,9,11H2,2-3H3/t13-/m0/s1. The van der Waals surface area contributed by atoms with Crippen LogP contribution in [0.5, 0.6) is 5.75 Å². The molecule has 0 saturated carbocycles. The summed E-state index contributed by atoms with van der Waals surface area (Å²) in [5.74, 6) is -2.58. The summed E-state index contributed by atoms with van der Waals surface area (Å²) >= 11 is 0. The van der Waals surface area contributed by atoms with Gasteiger partial charge in [-0.2, -0.15) is 0 Å². The van der Waals surface area contributed by atoms with Gasteiger partial charge >= 0.3 is 0 Å². The number of Topliss-reactive ketones (excluding diaryl/α,β-unsaturated/α-hetero) is 2. The molecule has 0 spiro atoms. The Labute approximate surface area is 167 Å². The predicted molar refractivity (Wildman–Crippen MR) is 106 cm³/mol. The first-order chi connectivity index (χ1) is 13.8. The SMILES string of the molecule is C=CCO[C@@H](C)C(=O)CC(=O)c1c(C)cc2c(c1O)C(=O)c1ccccc1C2=O. The van der Waals surface area contributed by atoms with Crippen molar-refractivity contribution in [3.63, 3.8) is 0 Å². The molecule has 0 radical (unpaired) electrons. The Hall–Kier alpha value is -3.38. The molecule has 2 aromatic rings. The second-order valence-corrected chi connectivity index (χ2v) is 6.87. The zero-order chi connectivity index (χ0) is 21.3. The lowest BCUT2D eigenvalue weighted by Gasteiger charge is -2.21. The van der Waals surface area contributed by atoms with Crippen molar-refractivity contribution in [2.24, 2.45) is 0 Å². The normalized spacial score (nSPS) is 13.4. The van der Waals surface area contributed by atoms with Gasteiger partial charge in [0.15, 0.2) is 23.1 Å². The average Bonchev–Trinajstić information content (AvgIpc) is 2.69. The van der Waals surface area contributed by atoms with Gasteiger partial charge in [0.1, 0.15) is 11.9 Å². The number of phenolic OH excluding ortho intramolecular Hbond substituents is 1. The van der Waals surface area contributed by atoms with Gasteiger partial charge in [-0.1, -0.05) is 30.3 Å². The van der Waals surface area contributed by atoms with E-state index < -0.39 is 41.4 Å². The number of rotatable bonds is 7. The van der Waals surface area contributed by atoms with E-state index in [1.54, 1.807) is 25.1 Å². The Balaban J connectivity index is 2.00. The minimum atomic E-state index is -0.813. The molecule has 0 heterocycles. The number of carbonyl (C=O) groups excluding carboxylic acids is 4. The molecule has 0 amide bonds. The molecule has 29 heavy (non-hydrogen) atoms. The van der Waals surface area contributed by atoms with Crippen LogP contribution in [0.3, 0.4) is 0 Å². The number of hydrogen-bond acceptors (Lipinski definition) is 6. The predicted octanol–water partition coefficient (Wildman–Crippen LogP) is 3.21. The van der Waals surface area contributed by atoms with Crippen LogP contribution in [0.4, 0.5) is 0 Å². The van der Waals surface area contributed by atoms with Gasteiger partial charge < -0.3 is 9.84 Å². The quantitative estimate of drug-likeness (QED) is 0.377. The lowest BCUT2D eigenvalue weighted by molar-refractivity contribution is -0.127. The number of fused-ring (bicyclic) bond motifs is 2. The van der Waals surface area contributed by atoms with Crippen molar-refractivity contribution in [2.75, 3.05) is 6.61 Å². The molecular weight excluding hydrogens is 372 g/mol. The molecule has 1 atom stereocenters. The fourth-order valence-corrected chi connectivity index (χ4v) is 3.42. The summed E-state index contributed by atoms with van der Waals surface area (Å²) < 4.78 is 5.23. The van der Waals surface area contributed by atoms with Crippen LogP contribution in [0.2, 0.25) is 0 Å². The largest absolute Gasteiger partial charge is 0.506 e. The van der Waals surface area contributed by atoms with Crippen molar-refractivity contribution in [1.29, 1.82) is 0 Å². The summed E-state index contributed by atoms with van der Waals surface area (Å²) in [5.41, 5.74) is 0.462.